The molecule has 0 atom stereocenters. The van der Waals surface area contributed by atoms with Crippen LogP contribution in [0.15, 0.2) is 64.3 Å². The number of carbonyl (C=O) groups excluding carboxylic acids is 1. The standard InChI is InChI=1S/C22H20FN5O2S/c1-14-26-21(30-27-14)13-31-20-6-4-3-5-17(20)22(29)25-12-16-7-8-19(18(23)11-16)28-10-9-24-15(28)2/h3-11H,12-13H2,1-2H3,(H,25,29). The van der Waals surface area contributed by atoms with Gasteiger partial charge < -0.3 is 14.4 Å². The molecule has 7 nitrogen and oxygen atoms in total. The van der Waals surface area contributed by atoms with Crippen LogP contribution < -0.4 is 5.32 Å². The van der Waals surface area contributed by atoms with Crippen molar-refractivity contribution in [2.24, 2.45) is 0 Å². The highest BCUT2D eigenvalue weighted by Crippen LogP contribution is 2.26. The molecule has 2 aromatic carbocycles. The molecule has 1 amide bonds. The molecular weight excluding hydrogens is 417 g/mol. The first-order valence-corrected chi connectivity index (χ1v) is 10.6. The van der Waals surface area contributed by atoms with E-state index in [1.165, 1.54) is 17.8 Å². The summed E-state index contributed by atoms with van der Waals surface area (Å²) in [4.78, 5) is 21.8. The number of halogens is 1. The van der Waals surface area contributed by atoms with Gasteiger partial charge in [0.05, 0.1) is 17.0 Å². The molecule has 0 saturated carbocycles. The van der Waals surface area contributed by atoms with Gasteiger partial charge in [-0.05, 0) is 43.7 Å². The number of carbonyl (C=O) groups is 1. The van der Waals surface area contributed by atoms with Crippen LogP contribution in [0, 0.1) is 19.7 Å². The highest BCUT2D eigenvalue weighted by molar-refractivity contribution is 7.98. The molecular formula is C22H20FN5O2S. The van der Waals surface area contributed by atoms with Crippen molar-refractivity contribution in [2.75, 3.05) is 0 Å². The summed E-state index contributed by atoms with van der Waals surface area (Å²) < 4.78 is 21.4. The molecule has 9 heteroatoms. The van der Waals surface area contributed by atoms with Gasteiger partial charge in [-0.1, -0.05) is 23.4 Å². The third kappa shape index (κ3) is 4.83. The van der Waals surface area contributed by atoms with Gasteiger partial charge in [0.25, 0.3) is 5.91 Å². The largest absolute Gasteiger partial charge is 0.348 e. The molecule has 4 rings (SSSR count). The highest BCUT2D eigenvalue weighted by atomic mass is 32.2. The molecule has 0 bridgehead atoms. The van der Waals surface area contributed by atoms with Crippen LogP contribution in [0.4, 0.5) is 4.39 Å². The number of hydrogen-bond donors (Lipinski definition) is 1. The van der Waals surface area contributed by atoms with E-state index in [4.69, 9.17) is 4.52 Å². The molecule has 2 aromatic heterocycles. The first-order chi connectivity index (χ1) is 15.0. The van der Waals surface area contributed by atoms with Crippen molar-refractivity contribution in [1.29, 1.82) is 0 Å². The fourth-order valence-electron chi connectivity index (χ4n) is 3.08. The lowest BCUT2D eigenvalue weighted by Crippen LogP contribution is -2.23. The van der Waals surface area contributed by atoms with Crippen molar-refractivity contribution >= 4 is 17.7 Å². The van der Waals surface area contributed by atoms with Crippen molar-refractivity contribution in [3.05, 3.63) is 89.3 Å². The van der Waals surface area contributed by atoms with Crippen LogP contribution in [-0.4, -0.2) is 25.6 Å². The SMILES string of the molecule is Cc1noc(CSc2ccccc2C(=O)NCc2ccc(-n3ccnc3C)c(F)c2)n1. The summed E-state index contributed by atoms with van der Waals surface area (Å²) in [5.74, 6) is 1.62. The summed E-state index contributed by atoms with van der Waals surface area (Å²) in [6.45, 7) is 3.77. The molecule has 0 aliphatic heterocycles. The molecule has 4 aromatic rings. The quantitative estimate of drug-likeness (QED) is 0.436. The molecule has 2 heterocycles. The van der Waals surface area contributed by atoms with Crippen molar-refractivity contribution < 1.29 is 13.7 Å². The first-order valence-electron chi connectivity index (χ1n) is 9.59. The van der Waals surface area contributed by atoms with E-state index in [-0.39, 0.29) is 18.3 Å². The Morgan fingerprint density at radius 1 is 1.23 bits per heavy atom. The Morgan fingerprint density at radius 3 is 2.77 bits per heavy atom. The molecule has 31 heavy (non-hydrogen) atoms. The first kappa shape index (κ1) is 20.8. The Hall–Kier alpha value is -3.46. The summed E-state index contributed by atoms with van der Waals surface area (Å²) >= 11 is 1.44. The van der Waals surface area contributed by atoms with E-state index in [0.29, 0.717) is 40.1 Å². The fraction of sp³-hybridized carbons (Fsp3) is 0.182. The summed E-state index contributed by atoms with van der Waals surface area (Å²) in [5.41, 5.74) is 1.62. The summed E-state index contributed by atoms with van der Waals surface area (Å²) in [7, 11) is 0. The minimum Gasteiger partial charge on any atom is -0.348 e. The van der Waals surface area contributed by atoms with E-state index in [1.807, 2.05) is 19.1 Å². The molecule has 0 aliphatic rings. The Morgan fingerprint density at radius 2 is 2.06 bits per heavy atom. The number of imidazole rings is 1. The second-order valence-corrected chi connectivity index (χ2v) is 7.85. The smallest absolute Gasteiger partial charge is 0.252 e. The van der Waals surface area contributed by atoms with Crippen LogP contribution in [0.2, 0.25) is 0 Å². The minimum absolute atomic E-state index is 0.209. The van der Waals surface area contributed by atoms with Gasteiger partial charge in [-0.2, -0.15) is 4.98 Å². The molecule has 0 unspecified atom stereocenters. The molecule has 0 radical (unpaired) electrons. The normalized spacial score (nSPS) is 10.9. The maximum Gasteiger partial charge on any atom is 0.252 e. The van der Waals surface area contributed by atoms with E-state index in [2.05, 4.69) is 20.4 Å². The molecule has 1 N–H and O–H groups in total. The van der Waals surface area contributed by atoms with Crippen molar-refractivity contribution in [3.63, 3.8) is 0 Å². The predicted molar refractivity (Wildman–Crippen MR) is 114 cm³/mol. The molecule has 0 aliphatic carbocycles. The molecule has 0 spiro atoms. The number of thioether (sulfide) groups is 1. The average molecular weight is 438 g/mol. The summed E-state index contributed by atoms with van der Waals surface area (Å²) in [6, 6.07) is 12.2. The molecule has 0 fully saturated rings. The summed E-state index contributed by atoms with van der Waals surface area (Å²) in [5, 5.41) is 6.63. The van der Waals surface area contributed by atoms with E-state index >= 15 is 0 Å². The number of aryl methyl sites for hydroxylation is 2. The van der Waals surface area contributed by atoms with Crippen LogP contribution in [0.25, 0.3) is 5.69 Å². The van der Waals surface area contributed by atoms with Crippen molar-refractivity contribution in [3.8, 4) is 5.69 Å². The van der Waals surface area contributed by atoms with Crippen LogP contribution >= 0.6 is 11.8 Å². The monoisotopic (exact) mass is 437 g/mol. The second-order valence-electron chi connectivity index (χ2n) is 6.83. The van der Waals surface area contributed by atoms with Crippen molar-refractivity contribution in [2.45, 2.75) is 31.0 Å². The van der Waals surface area contributed by atoms with Gasteiger partial charge in [0.2, 0.25) is 5.89 Å². The van der Waals surface area contributed by atoms with E-state index in [0.717, 1.165) is 4.90 Å². The number of hydrogen-bond acceptors (Lipinski definition) is 6. The van der Waals surface area contributed by atoms with Gasteiger partial charge in [-0.15, -0.1) is 11.8 Å². The Kier molecular flexibility index (Phi) is 6.13. The zero-order valence-corrected chi connectivity index (χ0v) is 17.8. The van der Waals surface area contributed by atoms with E-state index < -0.39 is 0 Å². The number of nitrogens with one attached hydrogen (secondary N) is 1. The van der Waals surface area contributed by atoms with Crippen LogP contribution in [-0.2, 0) is 12.3 Å². The zero-order valence-electron chi connectivity index (χ0n) is 17.0. The average Bonchev–Trinajstić information content (AvgIpc) is 3.38. The lowest BCUT2D eigenvalue weighted by atomic mass is 10.1. The van der Waals surface area contributed by atoms with Gasteiger partial charge >= 0.3 is 0 Å². The zero-order chi connectivity index (χ0) is 21.8. The fourth-order valence-corrected chi connectivity index (χ4v) is 3.97. The van der Waals surface area contributed by atoms with Gasteiger partial charge in [0.1, 0.15) is 11.6 Å². The Bertz CT molecular complexity index is 1220. The minimum atomic E-state index is -0.376. The number of amides is 1. The molecule has 0 saturated heterocycles. The Balaban J connectivity index is 1.42. The lowest BCUT2D eigenvalue weighted by Gasteiger charge is -2.11. The van der Waals surface area contributed by atoms with Crippen molar-refractivity contribution in [1.82, 2.24) is 25.0 Å². The second kappa shape index (κ2) is 9.13. The van der Waals surface area contributed by atoms with Crippen LogP contribution in [0.3, 0.4) is 0 Å². The maximum atomic E-state index is 14.6. The van der Waals surface area contributed by atoms with Gasteiger partial charge in [0.15, 0.2) is 5.82 Å². The molecule has 158 valence electrons. The topological polar surface area (TPSA) is 85.8 Å². The number of rotatable bonds is 7. The van der Waals surface area contributed by atoms with Crippen LogP contribution in [0.1, 0.15) is 33.5 Å². The van der Waals surface area contributed by atoms with Crippen LogP contribution in [0.5, 0.6) is 0 Å². The predicted octanol–water partition coefficient (Wildman–Crippen LogP) is 4.23. The van der Waals surface area contributed by atoms with E-state index in [1.54, 1.807) is 48.1 Å². The van der Waals surface area contributed by atoms with E-state index in [9.17, 15) is 9.18 Å². The van der Waals surface area contributed by atoms with Gasteiger partial charge in [-0.3, -0.25) is 4.79 Å². The number of benzene rings is 2. The summed E-state index contributed by atoms with van der Waals surface area (Å²) in [6.07, 6.45) is 3.33. The highest BCUT2D eigenvalue weighted by Gasteiger charge is 2.14. The van der Waals surface area contributed by atoms with Gasteiger partial charge in [-0.25, -0.2) is 9.37 Å². The lowest BCUT2D eigenvalue weighted by molar-refractivity contribution is 0.0948. The third-order valence-corrected chi connectivity index (χ3v) is 5.66. The van der Waals surface area contributed by atoms with Gasteiger partial charge in [0, 0.05) is 23.8 Å². The maximum absolute atomic E-state index is 14.6. The number of aromatic nitrogens is 4. The third-order valence-electron chi connectivity index (χ3n) is 4.60. The number of nitrogens with zero attached hydrogens (tertiary/aromatic N) is 4. The Labute approximate surface area is 182 Å².